The van der Waals surface area contributed by atoms with E-state index in [9.17, 15) is 24.3 Å². The molecule has 13 nitrogen and oxygen atoms in total. The monoisotopic (exact) mass is 614 g/mol. The van der Waals surface area contributed by atoms with Gasteiger partial charge in [-0.3, -0.25) is 19.2 Å². The summed E-state index contributed by atoms with van der Waals surface area (Å²) in [6.07, 6.45) is -5.03. The number of methoxy groups -OCH3 is 1. The zero-order valence-corrected chi connectivity index (χ0v) is 24.7. The van der Waals surface area contributed by atoms with Crippen molar-refractivity contribution in [2.75, 3.05) is 20.5 Å². The van der Waals surface area contributed by atoms with Crippen molar-refractivity contribution in [2.24, 2.45) is 0 Å². The Bertz CT molecular complexity index is 1480. The highest BCUT2D eigenvalue weighted by Gasteiger charge is 2.51. The predicted molar refractivity (Wildman–Crippen MR) is 151 cm³/mol. The molecule has 0 saturated carbocycles. The van der Waals surface area contributed by atoms with Gasteiger partial charge in [0, 0.05) is 39.7 Å². The molecule has 0 aliphatic carbocycles. The number of hydrogen-bond acceptors (Lipinski definition) is 13. The minimum absolute atomic E-state index is 0.0131. The number of hydrogen-bond donors (Lipinski definition) is 1. The van der Waals surface area contributed by atoms with Crippen molar-refractivity contribution in [3.8, 4) is 11.5 Å². The largest absolute Gasteiger partial charge is 0.464 e. The molecule has 4 rings (SSSR count). The molecular formula is C31H34O13. The fourth-order valence-electron chi connectivity index (χ4n) is 4.82. The second-order valence-corrected chi connectivity index (χ2v) is 10.0. The molecule has 3 aromatic rings. The number of fused-ring (bicyclic) bond motifs is 1. The third-order valence-electron chi connectivity index (χ3n) is 6.63. The molecule has 1 N–H and O–H groups in total. The number of carbonyl (C=O) groups is 4. The Hall–Kier alpha value is -4.30. The SMILES string of the molecule is COCOC[C@H]1O[C@@H](Oc2cccc(OC(C)=O)c2C(=O)CCc2ccc3occc3c2)[C@H](OC(C)=O)[C@@H](OC(C)=O)[C@@H]1O. The summed E-state index contributed by atoms with van der Waals surface area (Å²) in [6.45, 7) is 3.11. The summed E-state index contributed by atoms with van der Waals surface area (Å²) >= 11 is 0. The molecule has 1 saturated heterocycles. The molecule has 1 fully saturated rings. The molecule has 2 aromatic carbocycles. The fraction of sp³-hybridized carbons (Fsp3) is 0.419. The quantitative estimate of drug-likeness (QED) is 0.0982. The van der Waals surface area contributed by atoms with Gasteiger partial charge in [-0.15, -0.1) is 0 Å². The van der Waals surface area contributed by atoms with E-state index in [1.807, 2.05) is 24.3 Å². The van der Waals surface area contributed by atoms with Crippen LogP contribution >= 0.6 is 0 Å². The summed E-state index contributed by atoms with van der Waals surface area (Å²) in [5.41, 5.74) is 1.54. The lowest BCUT2D eigenvalue weighted by Gasteiger charge is -2.43. The summed E-state index contributed by atoms with van der Waals surface area (Å²) in [5, 5.41) is 11.9. The Morgan fingerprint density at radius 1 is 0.909 bits per heavy atom. The van der Waals surface area contributed by atoms with Crippen LogP contribution < -0.4 is 9.47 Å². The van der Waals surface area contributed by atoms with E-state index in [0.29, 0.717) is 12.0 Å². The van der Waals surface area contributed by atoms with Crippen molar-refractivity contribution >= 4 is 34.7 Å². The number of ether oxygens (including phenoxy) is 7. The van der Waals surface area contributed by atoms with Crippen LogP contribution in [0.1, 0.15) is 43.1 Å². The number of esters is 3. The molecule has 2 heterocycles. The molecule has 5 atom stereocenters. The second kappa shape index (κ2) is 14.9. The van der Waals surface area contributed by atoms with Gasteiger partial charge in [0.15, 0.2) is 11.9 Å². The van der Waals surface area contributed by atoms with Crippen LogP contribution in [0.3, 0.4) is 0 Å². The standard InChI is InChI=1S/C31H34O13/c1-17(32)40-24-6-5-7-25(27(24)22(35)10-8-20-9-11-23-21(14-20)12-13-39-23)43-31-30(42-19(3)34)29(41-18(2)33)28(36)26(44-31)15-38-16-37-4/h5-7,9,11-14,26,28-31,36H,8,10,15-16H2,1-4H3/t26-,28-,29+,30-,31-/m1/s1. The Kier molecular flexibility index (Phi) is 11.1. The molecule has 0 spiro atoms. The average molecular weight is 615 g/mol. The molecule has 1 aromatic heterocycles. The number of rotatable bonds is 13. The first-order valence-electron chi connectivity index (χ1n) is 13.8. The van der Waals surface area contributed by atoms with Gasteiger partial charge in [-0.05, 0) is 42.3 Å². The lowest BCUT2D eigenvalue weighted by atomic mass is 9.98. The highest BCUT2D eigenvalue weighted by Crippen LogP contribution is 2.35. The normalized spacial score (nSPS) is 21.4. The number of Topliss-reactive ketones (excluding diaryl/α,β-unsaturated/α-hetero) is 1. The van der Waals surface area contributed by atoms with Gasteiger partial charge in [-0.25, -0.2) is 0 Å². The first-order valence-corrected chi connectivity index (χ1v) is 13.8. The molecule has 0 unspecified atom stereocenters. The van der Waals surface area contributed by atoms with E-state index >= 15 is 0 Å². The van der Waals surface area contributed by atoms with Gasteiger partial charge in [-0.1, -0.05) is 12.1 Å². The zero-order valence-electron chi connectivity index (χ0n) is 24.7. The van der Waals surface area contributed by atoms with E-state index in [1.54, 1.807) is 6.26 Å². The minimum Gasteiger partial charge on any atom is -0.464 e. The topological polar surface area (TPSA) is 166 Å². The average Bonchev–Trinajstić information content (AvgIpc) is 3.43. The molecule has 13 heteroatoms. The molecule has 1 aliphatic rings. The van der Waals surface area contributed by atoms with Crippen LogP contribution in [0.25, 0.3) is 11.0 Å². The van der Waals surface area contributed by atoms with E-state index < -0.39 is 54.4 Å². The lowest BCUT2D eigenvalue weighted by Crippen LogP contribution is -2.62. The minimum atomic E-state index is -1.49. The van der Waals surface area contributed by atoms with Gasteiger partial charge in [0.25, 0.3) is 0 Å². The Balaban J connectivity index is 1.66. The number of aliphatic hydroxyl groups excluding tert-OH is 1. The Morgan fingerprint density at radius 2 is 1.64 bits per heavy atom. The van der Waals surface area contributed by atoms with Crippen LogP contribution in [0.4, 0.5) is 0 Å². The molecule has 44 heavy (non-hydrogen) atoms. The molecule has 0 bridgehead atoms. The first kappa shape index (κ1) is 32.6. The van der Waals surface area contributed by atoms with Crippen molar-refractivity contribution in [1.82, 2.24) is 0 Å². The van der Waals surface area contributed by atoms with E-state index in [-0.39, 0.29) is 36.9 Å². The van der Waals surface area contributed by atoms with Gasteiger partial charge < -0.3 is 42.7 Å². The molecular weight excluding hydrogens is 580 g/mol. The van der Waals surface area contributed by atoms with Crippen LogP contribution in [0.15, 0.2) is 53.1 Å². The van der Waals surface area contributed by atoms with E-state index in [0.717, 1.165) is 24.8 Å². The van der Waals surface area contributed by atoms with Gasteiger partial charge in [0.05, 0.1) is 12.9 Å². The van der Waals surface area contributed by atoms with Crippen LogP contribution in [-0.2, 0) is 44.5 Å². The summed E-state index contributed by atoms with van der Waals surface area (Å²) in [7, 11) is 1.41. The smallest absolute Gasteiger partial charge is 0.308 e. The van der Waals surface area contributed by atoms with Crippen LogP contribution in [0, 0.1) is 0 Å². The third-order valence-corrected chi connectivity index (χ3v) is 6.63. The van der Waals surface area contributed by atoms with Crippen molar-refractivity contribution in [3.05, 3.63) is 59.9 Å². The summed E-state index contributed by atoms with van der Waals surface area (Å²) in [5.74, 6) is -2.73. The molecule has 236 valence electrons. The van der Waals surface area contributed by atoms with Gasteiger partial charge in [0.1, 0.15) is 41.6 Å². The van der Waals surface area contributed by atoms with Gasteiger partial charge >= 0.3 is 17.9 Å². The third kappa shape index (κ3) is 8.20. The van der Waals surface area contributed by atoms with E-state index in [1.165, 1.54) is 32.2 Å². The van der Waals surface area contributed by atoms with Crippen molar-refractivity contribution in [1.29, 1.82) is 0 Å². The second-order valence-electron chi connectivity index (χ2n) is 10.0. The molecule has 0 radical (unpaired) electrons. The number of furan rings is 1. The lowest BCUT2D eigenvalue weighted by molar-refractivity contribution is -0.289. The number of benzene rings is 2. The zero-order chi connectivity index (χ0) is 31.8. The fourth-order valence-corrected chi connectivity index (χ4v) is 4.82. The van der Waals surface area contributed by atoms with Gasteiger partial charge in [-0.2, -0.15) is 0 Å². The highest BCUT2D eigenvalue weighted by atomic mass is 16.7. The van der Waals surface area contributed by atoms with E-state index in [4.69, 9.17) is 37.6 Å². The van der Waals surface area contributed by atoms with Crippen molar-refractivity contribution in [3.63, 3.8) is 0 Å². The predicted octanol–water partition coefficient (Wildman–Crippen LogP) is 3.12. The Morgan fingerprint density at radius 3 is 2.34 bits per heavy atom. The summed E-state index contributed by atoms with van der Waals surface area (Å²) in [4.78, 5) is 49.6. The summed E-state index contributed by atoms with van der Waals surface area (Å²) in [6, 6.07) is 11.8. The maximum atomic E-state index is 13.7. The number of carbonyl (C=O) groups excluding carboxylic acids is 4. The number of aryl methyl sites for hydroxylation is 1. The first-order chi connectivity index (χ1) is 21.1. The number of ketones is 1. The van der Waals surface area contributed by atoms with Crippen LogP contribution in [0.2, 0.25) is 0 Å². The van der Waals surface area contributed by atoms with Crippen LogP contribution in [-0.4, -0.2) is 80.0 Å². The van der Waals surface area contributed by atoms with Crippen molar-refractivity contribution < 1.29 is 61.9 Å². The molecule has 1 aliphatic heterocycles. The van der Waals surface area contributed by atoms with Crippen molar-refractivity contribution in [2.45, 2.75) is 64.3 Å². The summed E-state index contributed by atoms with van der Waals surface area (Å²) < 4.78 is 43.8. The number of aliphatic hydroxyl groups is 1. The highest BCUT2D eigenvalue weighted by molar-refractivity contribution is 6.02. The van der Waals surface area contributed by atoms with Gasteiger partial charge in [0.2, 0.25) is 12.4 Å². The van der Waals surface area contributed by atoms with Crippen LogP contribution in [0.5, 0.6) is 11.5 Å². The maximum Gasteiger partial charge on any atom is 0.308 e. The Labute approximate surface area is 252 Å². The maximum absolute atomic E-state index is 13.7. The van der Waals surface area contributed by atoms with E-state index in [2.05, 4.69) is 0 Å². The molecule has 0 amide bonds.